The maximum Gasteiger partial charge on any atom is 0.0723 e. The van der Waals surface area contributed by atoms with E-state index in [9.17, 15) is 0 Å². The molecule has 0 bridgehead atoms. The molecule has 1 radical (unpaired) electrons. The third kappa shape index (κ3) is 4.56. The molecule has 1 aromatic heterocycles. The van der Waals surface area contributed by atoms with Crippen molar-refractivity contribution in [3.05, 3.63) is 84.6 Å². The van der Waals surface area contributed by atoms with Crippen molar-refractivity contribution in [3.8, 4) is 12.3 Å². The zero-order chi connectivity index (χ0) is 15.9. The Bertz CT molecular complexity index is 757. The van der Waals surface area contributed by atoms with E-state index < -0.39 is 7.92 Å². The summed E-state index contributed by atoms with van der Waals surface area (Å²) in [5.74, 6) is 2.71. The summed E-state index contributed by atoms with van der Waals surface area (Å²) in [7, 11) is -0.640. The van der Waals surface area contributed by atoms with Crippen LogP contribution in [0.2, 0.25) is 0 Å². The van der Waals surface area contributed by atoms with Crippen LogP contribution in [0, 0.1) is 12.3 Å². The van der Waals surface area contributed by atoms with Gasteiger partial charge in [-0.2, -0.15) is 0 Å². The molecule has 0 spiro atoms. The van der Waals surface area contributed by atoms with Crippen molar-refractivity contribution < 1.29 is 17.1 Å². The van der Waals surface area contributed by atoms with Gasteiger partial charge in [0, 0.05) is 37.6 Å². The number of aryl methyl sites for hydroxylation is 1. The summed E-state index contributed by atoms with van der Waals surface area (Å²) in [6, 6.07) is 25.5. The molecule has 0 atom stereocenters. The molecule has 0 saturated carbocycles. The summed E-state index contributed by atoms with van der Waals surface area (Å²) in [5, 5.41) is 2.63. The van der Waals surface area contributed by atoms with Crippen LogP contribution in [0.1, 0.15) is 12.0 Å². The first-order chi connectivity index (χ1) is 11.4. The minimum Gasteiger partial charge on any atom is -0.256 e. The molecule has 0 N–H and O–H groups in total. The van der Waals surface area contributed by atoms with Crippen molar-refractivity contribution in [2.24, 2.45) is 0 Å². The first-order valence-corrected chi connectivity index (χ1v) is 9.01. The number of nitrogens with zero attached hydrogens (tertiary/aromatic N) is 1. The van der Waals surface area contributed by atoms with E-state index in [1.54, 1.807) is 0 Å². The van der Waals surface area contributed by atoms with Crippen molar-refractivity contribution in [2.75, 3.05) is 0 Å². The number of aromatic nitrogens is 1. The topological polar surface area (TPSA) is 12.9 Å². The summed E-state index contributed by atoms with van der Waals surface area (Å²) in [4.78, 5) is 4.68. The predicted molar refractivity (Wildman–Crippen MR) is 100 cm³/mol. The van der Waals surface area contributed by atoms with Gasteiger partial charge in [0.2, 0.25) is 0 Å². The van der Waals surface area contributed by atoms with E-state index in [-0.39, 0.29) is 17.1 Å². The van der Waals surface area contributed by atoms with Gasteiger partial charge in [-0.3, -0.25) is 4.98 Å². The van der Waals surface area contributed by atoms with Gasteiger partial charge in [-0.1, -0.05) is 60.7 Å². The SMILES string of the molecule is C#CCCc1ccnc(P(c2ccccc2)c2ccccc2)c1.[Cu]. The van der Waals surface area contributed by atoms with Gasteiger partial charge in [0.25, 0.3) is 0 Å². The van der Waals surface area contributed by atoms with E-state index in [2.05, 4.69) is 83.7 Å². The van der Waals surface area contributed by atoms with Crippen LogP contribution in [-0.4, -0.2) is 4.98 Å². The van der Waals surface area contributed by atoms with Crippen LogP contribution in [0.25, 0.3) is 0 Å². The van der Waals surface area contributed by atoms with Crippen molar-refractivity contribution in [3.63, 3.8) is 0 Å². The largest absolute Gasteiger partial charge is 0.256 e. The molecule has 0 fully saturated rings. The zero-order valence-corrected chi connectivity index (χ0v) is 15.0. The maximum atomic E-state index is 5.39. The number of benzene rings is 2. The summed E-state index contributed by atoms with van der Waals surface area (Å²) >= 11 is 0. The second-order valence-electron chi connectivity index (χ2n) is 5.23. The summed E-state index contributed by atoms with van der Waals surface area (Å²) < 4.78 is 0. The smallest absolute Gasteiger partial charge is 0.0723 e. The molecule has 2 aromatic carbocycles. The van der Waals surface area contributed by atoms with E-state index in [0.717, 1.165) is 18.3 Å². The first kappa shape index (κ1) is 18.4. The average Bonchev–Trinajstić information content (AvgIpc) is 2.62. The van der Waals surface area contributed by atoms with Crippen molar-refractivity contribution >= 4 is 24.0 Å². The summed E-state index contributed by atoms with van der Waals surface area (Å²) in [5.41, 5.74) is 2.39. The normalized spacial score (nSPS) is 10.0. The Kier molecular flexibility index (Phi) is 7.23. The maximum absolute atomic E-state index is 5.39. The molecule has 123 valence electrons. The van der Waals surface area contributed by atoms with Crippen LogP contribution in [0.3, 0.4) is 0 Å². The van der Waals surface area contributed by atoms with E-state index in [1.165, 1.54) is 16.2 Å². The first-order valence-electron chi connectivity index (χ1n) is 7.67. The average molecular weight is 379 g/mol. The molecule has 1 nitrogen and oxygen atoms in total. The third-order valence-corrected chi connectivity index (χ3v) is 5.96. The molecule has 0 aliphatic rings. The zero-order valence-electron chi connectivity index (χ0n) is 13.2. The van der Waals surface area contributed by atoms with Crippen LogP contribution in [0.5, 0.6) is 0 Å². The Morgan fingerprint density at radius 2 is 1.46 bits per heavy atom. The standard InChI is InChI=1S/C21H18NP.Cu/c1-2-3-10-18-15-16-22-21(17-18)23(19-11-6-4-7-12-19)20-13-8-5-9-14-20;/h1,4-9,11-17H,3,10H2;. The van der Waals surface area contributed by atoms with Gasteiger partial charge in [0.15, 0.2) is 0 Å². The van der Waals surface area contributed by atoms with Gasteiger partial charge in [-0.05, 0) is 34.7 Å². The van der Waals surface area contributed by atoms with Crippen molar-refractivity contribution in [1.82, 2.24) is 4.98 Å². The Morgan fingerprint density at radius 3 is 2.00 bits per heavy atom. The Morgan fingerprint density at radius 1 is 0.875 bits per heavy atom. The minimum atomic E-state index is -0.640. The van der Waals surface area contributed by atoms with Crippen LogP contribution in [-0.2, 0) is 23.5 Å². The number of hydrogen-bond donors (Lipinski definition) is 0. The van der Waals surface area contributed by atoms with Gasteiger partial charge >= 0.3 is 0 Å². The molecule has 3 aromatic rings. The molecular weight excluding hydrogens is 361 g/mol. The van der Waals surface area contributed by atoms with E-state index in [4.69, 9.17) is 6.42 Å². The quantitative estimate of drug-likeness (QED) is 0.376. The van der Waals surface area contributed by atoms with Crippen molar-refractivity contribution in [1.29, 1.82) is 0 Å². The molecule has 3 heteroatoms. The molecule has 3 rings (SSSR count). The Labute approximate surface area is 155 Å². The molecule has 1 heterocycles. The molecule has 0 unspecified atom stereocenters. The summed E-state index contributed by atoms with van der Waals surface area (Å²) in [6.07, 6.45) is 8.96. The molecule has 0 aliphatic heterocycles. The van der Waals surface area contributed by atoms with Gasteiger partial charge in [-0.15, -0.1) is 12.3 Å². The van der Waals surface area contributed by atoms with Gasteiger partial charge in [-0.25, -0.2) is 0 Å². The molecule has 24 heavy (non-hydrogen) atoms. The minimum absolute atomic E-state index is 0. The molecule has 0 amide bonds. The number of pyridine rings is 1. The monoisotopic (exact) mass is 378 g/mol. The molecule has 0 saturated heterocycles. The van der Waals surface area contributed by atoms with Crippen LogP contribution in [0.4, 0.5) is 0 Å². The van der Waals surface area contributed by atoms with Crippen LogP contribution in [0.15, 0.2) is 79.0 Å². The fraction of sp³-hybridized carbons (Fsp3) is 0.0952. The Hall–Kier alpha value is -1.90. The molecular formula is C21H18CuNP. The number of terminal acetylenes is 1. The number of rotatable bonds is 5. The molecule has 0 aliphatic carbocycles. The third-order valence-electron chi connectivity index (χ3n) is 3.63. The van der Waals surface area contributed by atoms with Gasteiger partial charge in [0.05, 0.1) is 5.44 Å². The fourth-order valence-corrected chi connectivity index (χ4v) is 4.77. The number of hydrogen-bond acceptors (Lipinski definition) is 1. The van der Waals surface area contributed by atoms with E-state index >= 15 is 0 Å². The second-order valence-corrected chi connectivity index (χ2v) is 7.39. The summed E-state index contributed by atoms with van der Waals surface area (Å²) in [6.45, 7) is 0. The van der Waals surface area contributed by atoms with Gasteiger partial charge < -0.3 is 0 Å². The van der Waals surface area contributed by atoms with E-state index in [0.29, 0.717) is 0 Å². The van der Waals surface area contributed by atoms with Gasteiger partial charge in [0.1, 0.15) is 0 Å². The van der Waals surface area contributed by atoms with Crippen LogP contribution < -0.4 is 16.0 Å². The second kappa shape index (κ2) is 9.41. The van der Waals surface area contributed by atoms with Crippen molar-refractivity contribution in [2.45, 2.75) is 12.8 Å². The van der Waals surface area contributed by atoms with E-state index in [1.807, 2.05) is 6.20 Å². The predicted octanol–water partition coefficient (Wildman–Crippen LogP) is 3.40. The Balaban J connectivity index is 0.00000208. The van der Waals surface area contributed by atoms with Crippen LogP contribution >= 0.6 is 7.92 Å². The fourth-order valence-electron chi connectivity index (χ4n) is 2.52.